The number of hydrogen-bond donors (Lipinski definition) is 1. The Labute approximate surface area is 171 Å². The van der Waals surface area contributed by atoms with Crippen molar-refractivity contribution < 1.29 is 19.1 Å². The first-order valence-corrected chi connectivity index (χ1v) is 9.45. The van der Waals surface area contributed by atoms with E-state index in [4.69, 9.17) is 4.74 Å². The van der Waals surface area contributed by atoms with Gasteiger partial charge in [0.15, 0.2) is 6.61 Å². The van der Waals surface area contributed by atoms with Gasteiger partial charge in [-0.15, -0.1) is 0 Å². The number of likely N-dealkylation sites (N-methyl/N-ethyl adjacent to an activating group) is 1. The van der Waals surface area contributed by atoms with Crippen molar-refractivity contribution in [3.05, 3.63) is 63.7 Å². The van der Waals surface area contributed by atoms with Crippen molar-refractivity contribution >= 4 is 23.5 Å². The smallest absolute Gasteiger partial charge is 0.339 e. The molecule has 6 heteroatoms. The molecule has 0 atom stereocenters. The van der Waals surface area contributed by atoms with E-state index in [1.165, 1.54) is 11.9 Å². The molecular weight excluding hydrogens is 368 g/mol. The van der Waals surface area contributed by atoms with E-state index in [2.05, 4.69) is 5.32 Å². The van der Waals surface area contributed by atoms with E-state index < -0.39 is 18.5 Å². The summed E-state index contributed by atoms with van der Waals surface area (Å²) in [5.74, 6) is -1.30. The van der Waals surface area contributed by atoms with E-state index in [1.807, 2.05) is 65.0 Å². The van der Waals surface area contributed by atoms with Crippen LogP contribution >= 0.6 is 0 Å². The number of nitrogens with zero attached hydrogens (tertiary/aromatic N) is 1. The van der Waals surface area contributed by atoms with Gasteiger partial charge in [-0.1, -0.05) is 35.9 Å². The Kier molecular flexibility index (Phi) is 7.15. The van der Waals surface area contributed by atoms with Crippen molar-refractivity contribution in [2.75, 3.05) is 25.5 Å². The highest BCUT2D eigenvalue weighted by Gasteiger charge is 2.19. The second-order valence-corrected chi connectivity index (χ2v) is 7.41. The molecule has 29 heavy (non-hydrogen) atoms. The lowest BCUT2D eigenvalue weighted by Crippen LogP contribution is -2.37. The van der Waals surface area contributed by atoms with Crippen molar-refractivity contribution in [2.24, 2.45) is 0 Å². The second kappa shape index (κ2) is 9.37. The average Bonchev–Trinajstić information content (AvgIpc) is 2.62. The molecule has 0 aromatic heterocycles. The average molecular weight is 396 g/mol. The monoisotopic (exact) mass is 396 g/mol. The Morgan fingerprint density at radius 2 is 1.48 bits per heavy atom. The number of aryl methyl sites for hydroxylation is 5. The summed E-state index contributed by atoms with van der Waals surface area (Å²) in [7, 11) is 1.50. The van der Waals surface area contributed by atoms with Crippen molar-refractivity contribution in [3.8, 4) is 0 Å². The van der Waals surface area contributed by atoms with Crippen LogP contribution in [0.3, 0.4) is 0 Å². The van der Waals surface area contributed by atoms with Crippen LogP contribution in [-0.2, 0) is 14.3 Å². The molecule has 0 saturated heterocycles. The number of carbonyl (C=O) groups is 3. The molecule has 1 N–H and O–H groups in total. The fourth-order valence-electron chi connectivity index (χ4n) is 3.31. The van der Waals surface area contributed by atoms with E-state index in [0.29, 0.717) is 5.56 Å². The van der Waals surface area contributed by atoms with Crippen LogP contribution in [0.1, 0.15) is 38.2 Å². The van der Waals surface area contributed by atoms with Gasteiger partial charge in [-0.05, 0) is 56.9 Å². The first-order chi connectivity index (χ1) is 13.6. The summed E-state index contributed by atoms with van der Waals surface area (Å²) in [6.45, 7) is 8.89. The molecule has 0 unspecified atom stereocenters. The fraction of sp³-hybridized carbons (Fsp3) is 0.348. The highest BCUT2D eigenvalue weighted by atomic mass is 16.5. The molecule has 0 aliphatic heterocycles. The van der Waals surface area contributed by atoms with Gasteiger partial charge < -0.3 is 15.0 Å². The minimum atomic E-state index is -0.540. The molecule has 0 saturated carbocycles. The molecule has 0 fully saturated rings. The number of ether oxygens (including phenoxy) is 1. The van der Waals surface area contributed by atoms with Crippen LogP contribution in [-0.4, -0.2) is 42.9 Å². The normalized spacial score (nSPS) is 10.4. The van der Waals surface area contributed by atoms with Crippen LogP contribution in [0, 0.1) is 34.6 Å². The second-order valence-electron chi connectivity index (χ2n) is 7.41. The lowest BCUT2D eigenvalue weighted by Gasteiger charge is -2.18. The predicted molar refractivity (Wildman–Crippen MR) is 113 cm³/mol. The van der Waals surface area contributed by atoms with Crippen LogP contribution < -0.4 is 5.32 Å². The van der Waals surface area contributed by atoms with E-state index in [9.17, 15) is 14.4 Å². The lowest BCUT2D eigenvalue weighted by atomic mass is 10.00. The predicted octanol–water partition coefficient (Wildman–Crippen LogP) is 3.48. The van der Waals surface area contributed by atoms with E-state index >= 15 is 0 Å². The van der Waals surface area contributed by atoms with Gasteiger partial charge in [0, 0.05) is 12.7 Å². The Bertz CT molecular complexity index is 907. The third-order valence-electron chi connectivity index (χ3n) is 4.76. The molecule has 2 aromatic carbocycles. The number of hydrogen-bond acceptors (Lipinski definition) is 4. The summed E-state index contributed by atoms with van der Waals surface area (Å²) in [5, 5.41) is 2.83. The van der Waals surface area contributed by atoms with Gasteiger partial charge in [0.2, 0.25) is 5.91 Å². The Balaban J connectivity index is 1.92. The van der Waals surface area contributed by atoms with Gasteiger partial charge >= 0.3 is 5.97 Å². The Hall–Kier alpha value is -3.15. The van der Waals surface area contributed by atoms with Gasteiger partial charge in [-0.2, -0.15) is 0 Å². The maximum atomic E-state index is 12.4. The van der Waals surface area contributed by atoms with Crippen LogP contribution in [0.15, 0.2) is 30.3 Å². The quantitative estimate of drug-likeness (QED) is 0.759. The summed E-state index contributed by atoms with van der Waals surface area (Å²) < 4.78 is 5.19. The molecule has 6 nitrogen and oxygen atoms in total. The number of esters is 1. The molecule has 0 bridgehead atoms. The highest BCUT2D eigenvalue weighted by molar-refractivity contribution is 5.97. The standard InChI is InChI=1S/C23H28N2O4/c1-14-10-17(4)21(18(5)11-14)23(28)29-13-20(27)25(6)12-19(26)24-22-15(2)8-7-9-16(22)3/h7-11H,12-13H2,1-6H3,(H,24,26). The SMILES string of the molecule is Cc1cc(C)c(C(=O)OCC(=O)N(C)CC(=O)Nc2c(C)cccc2C)c(C)c1. The zero-order valence-electron chi connectivity index (χ0n) is 17.9. The molecule has 2 aromatic rings. The van der Waals surface area contributed by atoms with Gasteiger partial charge in [-0.25, -0.2) is 4.79 Å². The number of carbonyl (C=O) groups excluding carboxylic acids is 3. The number of para-hydroxylation sites is 1. The summed E-state index contributed by atoms with van der Waals surface area (Å²) in [5.41, 5.74) is 5.79. The number of nitrogens with one attached hydrogen (secondary N) is 1. The molecule has 154 valence electrons. The van der Waals surface area contributed by atoms with Crippen molar-refractivity contribution in [1.82, 2.24) is 4.90 Å². The third kappa shape index (κ3) is 5.67. The van der Waals surface area contributed by atoms with Crippen LogP contribution in [0.2, 0.25) is 0 Å². The molecule has 2 rings (SSSR count). The third-order valence-corrected chi connectivity index (χ3v) is 4.76. The molecule has 0 radical (unpaired) electrons. The molecule has 0 heterocycles. The number of benzene rings is 2. The minimum Gasteiger partial charge on any atom is -0.452 e. The van der Waals surface area contributed by atoms with Gasteiger partial charge in [0.05, 0.1) is 12.1 Å². The maximum absolute atomic E-state index is 12.4. The largest absolute Gasteiger partial charge is 0.452 e. The number of amides is 2. The van der Waals surface area contributed by atoms with Crippen molar-refractivity contribution in [3.63, 3.8) is 0 Å². The molecular formula is C23H28N2O4. The molecule has 0 spiro atoms. The van der Waals surface area contributed by atoms with Gasteiger partial charge in [0.25, 0.3) is 5.91 Å². The summed E-state index contributed by atoms with van der Waals surface area (Å²) in [4.78, 5) is 38.2. The van der Waals surface area contributed by atoms with Crippen LogP contribution in [0.4, 0.5) is 5.69 Å². The first-order valence-electron chi connectivity index (χ1n) is 9.45. The fourth-order valence-corrected chi connectivity index (χ4v) is 3.31. The minimum absolute atomic E-state index is 0.132. The summed E-state index contributed by atoms with van der Waals surface area (Å²) in [6, 6.07) is 9.53. The van der Waals surface area contributed by atoms with Crippen LogP contribution in [0.25, 0.3) is 0 Å². The molecule has 0 aliphatic rings. The van der Waals surface area contributed by atoms with E-state index in [1.54, 1.807) is 0 Å². The summed E-state index contributed by atoms with van der Waals surface area (Å²) >= 11 is 0. The van der Waals surface area contributed by atoms with Crippen molar-refractivity contribution in [2.45, 2.75) is 34.6 Å². The van der Waals surface area contributed by atoms with Crippen molar-refractivity contribution in [1.29, 1.82) is 0 Å². The van der Waals surface area contributed by atoms with E-state index in [0.717, 1.165) is 33.5 Å². The lowest BCUT2D eigenvalue weighted by molar-refractivity contribution is -0.136. The highest BCUT2D eigenvalue weighted by Crippen LogP contribution is 2.19. The topological polar surface area (TPSA) is 75.7 Å². The molecule has 0 aliphatic carbocycles. The summed E-state index contributed by atoms with van der Waals surface area (Å²) in [6.07, 6.45) is 0. The van der Waals surface area contributed by atoms with Gasteiger partial charge in [0.1, 0.15) is 0 Å². The Morgan fingerprint density at radius 3 is 2.03 bits per heavy atom. The maximum Gasteiger partial charge on any atom is 0.339 e. The number of anilines is 1. The zero-order chi connectivity index (χ0) is 21.7. The molecule has 2 amide bonds. The van der Waals surface area contributed by atoms with Gasteiger partial charge in [-0.3, -0.25) is 9.59 Å². The zero-order valence-corrected chi connectivity index (χ0v) is 17.9. The Morgan fingerprint density at radius 1 is 0.931 bits per heavy atom. The van der Waals surface area contributed by atoms with Crippen LogP contribution in [0.5, 0.6) is 0 Å². The van der Waals surface area contributed by atoms with E-state index in [-0.39, 0.29) is 12.5 Å². The number of rotatable bonds is 6. The first kappa shape index (κ1) is 22.1.